The Morgan fingerprint density at radius 3 is 1.68 bits per heavy atom. The van der Waals surface area contributed by atoms with Crippen LogP contribution < -0.4 is 0 Å². The fourth-order valence-electron chi connectivity index (χ4n) is 2.37. The fourth-order valence-corrected chi connectivity index (χ4v) is 2.37. The second kappa shape index (κ2) is 9.30. The van der Waals surface area contributed by atoms with Gasteiger partial charge in [0.15, 0.2) is 0 Å². The third-order valence-electron chi connectivity index (χ3n) is 3.35. The summed E-state index contributed by atoms with van der Waals surface area (Å²) >= 11 is -0.826. The largest absolute Gasteiger partial charge is 0.126 e. The Kier molecular flexibility index (Phi) is 7.39. The van der Waals surface area contributed by atoms with Crippen molar-refractivity contribution in [3.05, 3.63) is 84.4 Å². The second-order valence-corrected chi connectivity index (χ2v) is 8.58. The number of hydrogen-bond acceptors (Lipinski definition) is 0. The molecule has 0 spiro atoms. The molecule has 0 radical (unpaired) electrons. The summed E-state index contributed by atoms with van der Waals surface area (Å²) in [6, 6.07) is 27.5. The van der Waals surface area contributed by atoms with Crippen molar-refractivity contribution in [2.75, 3.05) is 0 Å². The van der Waals surface area contributed by atoms with Gasteiger partial charge in [0.05, 0.1) is 0 Å². The topological polar surface area (TPSA) is 0 Å². The van der Waals surface area contributed by atoms with E-state index >= 15 is 0 Å². The molecule has 4 rings (SSSR count). The van der Waals surface area contributed by atoms with Crippen molar-refractivity contribution in [2.45, 2.75) is 6.92 Å². The van der Waals surface area contributed by atoms with E-state index in [-0.39, 0.29) is 0 Å². The minimum Gasteiger partial charge on any atom is -0.126 e. The third-order valence-corrected chi connectivity index (χ3v) is 3.35. The van der Waals surface area contributed by atoms with Gasteiger partial charge in [0.2, 0.25) is 0 Å². The van der Waals surface area contributed by atoms with E-state index in [1.165, 1.54) is 27.1 Å². The van der Waals surface area contributed by atoms with Crippen molar-refractivity contribution >= 4 is 38.6 Å². The first-order chi connectivity index (χ1) is 10.8. The van der Waals surface area contributed by atoms with Gasteiger partial charge in [0, 0.05) is 0 Å². The van der Waals surface area contributed by atoms with Crippen LogP contribution in [0.1, 0.15) is 5.56 Å². The SMILES string of the molecule is Cc1cc[cH-]c1.[Cl][Zr+2][Cl].c1ccc2c(c1)[cH-]c1ccccc12. The molecule has 0 aromatic heterocycles. The van der Waals surface area contributed by atoms with Crippen LogP contribution in [-0.4, -0.2) is 0 Å². The molecule has 0 saturated heterocycles. The molecule has 110 valence electrons. The molecule has 0 atom stereocenters. The maximum absolute atomic E-state index is 4.93. The van der Waals surface area contributed by atoms with Crippen LogP contribution in [0.4, 0.5) is 0 Å². The average molecular weight is 406 g/mol. The maximum atomic E-state index is 4.93. The Labute approximate surface area is 150 Å². The molecule has 0 aliphatic rings. The number of aryl methyl sites for hydroxylation is 1. The van der Waals surface area contributed by atoms with Crippen molar-refractivity contribution in [2.24, 2.45) is 0 Å². The summed E-state index contributed by atoms with van der Waals surface area (Å²) in [7, 11) is 9.87. The van der Waals surface area contributed by atoms with Crippen molar-refractivity contribution in [1.82, 2.24) is 0 Å². The number of fused-ring (bicyclic) bond motifs is 3. The zero-order chi connectivity index (χ0) is 15.8. The molecule has 3 heteroatoms. The van der Waals surface area contributed by atoms with Crippen LogP contribution >= 0.6 is 17.0 Å². The van der Waals surface area contributed by atoms with Crippen molar-refractivity contribution < 1.29 is 20.8 Å². The minimum atomic E-state index is -0.826. The Morgan fingerprint density at radius 2 is 1.32 bits per heavy atom. The standard InChI is InChI=1S/C13H9.C6H7.2ClH.Zr/c1-3-7-12-10(5-1)9-11-6-2-4-8-13(11)12;1-6-4-2-3-5-6;;;/h1-9H;2-5H,1H3;2*1H;/q2*-1;;;+4/p-2. The maximum Gasteiger partial charge on any atom is -0.0771 e. The van der Waals surface area contributed by atoms with Gasteiger partial charge in [-0.1, -0.05) is 43.3 Å². The van der Waals surface area contributed by atoms with Gasteiger partial charge < -0.3 is 0 Å². The summed E-state index contributed by atoms with van der Waals surface area (Å²) in [4.78, 5) is 0. The normalized spacial score (nSPS) is 9.41. The van der Waals surface area contributed by atoms with Crippen LogP contribution in [0.3, 0.4) is 0 Å². The molecule has 0 fully saturated rings. The van der Waals surface area contributed by atoms with Crippen LogP contribution in [0.25, 0.3) is 21.5 Å². The zero-order valence-electron chi connectivity index (χ0n) is 12.3. The summed E-state index contributed by atoms with van der Waals surface area (Å²) in [6.07, 6.45) is 0. The van der Waals surface area contributed by atoms with Gasteiger partial charge in [-0.3, -0.25) is 0 Å². The first-order valence-corrected chi connectivity index (χ1v) is 13.3. The summed E-state index contributed by atoms with van der Waals surface area (Å²) in [5, 5.41) is 5.39. The van der Waals surface area contributed by atoms with Gasteiger partial charge in [0.1, 0.15) is 0 Å². The molecule has 0 N–H and O–H groups in total. The van der Waals surface area contributed by atoms with Gasteiger partial charge in [-0.2, -0.15) is 18.2 Å². The monoisotopic (exact) mass is 404 g/mol. The van der Waals surface area contributed by atoms with Gasteiger partial charge in [-0.05, 0) is 0 Å². The van der Waals surface area contributed by atoms with E-state index in [1.54, 1.807) is 0 Å². The molecule has 0 amide bonds. The van der Waals surface area contributed by atoms with Crippen LogP contribution in [0, 0.1) is 6.92 Å². The number of rotatable bonds is 0. The minimum absolute atomic E-state index is 0.826. The molecular formula is C19H16Cl2Zr. The van der Waals surface area contributed by atoms with Gasteiger partial charge in [0.25, 0.3) is 0 Å². The molecule has 0 aliphatic carbocycles. The summed E-state index contributed by atoms with van der Waals surface area (Å²) in [5.74, 6) is 0. The van der Waals surface area contributed by atoms with E-state index < -0.39 is 20.8 Å². The van der Waals surface area contributed by atoms with Gasteiger partial charge in [-0.25, -0.2) is 11.6 Å². The molecule has 4 aromatic rings. The molecule has 22 heavy (non-hydrogen) atoms. The van der Waals surface area contributed by atoms with Crippen molar-refractivity contribution in [3.63, 3.8) is 0 Å². The molecule has 0 aliphatic heterocycles. The average Bonchev–Trinajstić information content (AvgIpc) is 3.15. The van der Waals surface area contributed by atoms with E-state index in [4.69, 9.17) is 17.0 Å². The predicted octanol–water partition coefficient (Wildman–Crippen LogP) is 6.80. The summed E-state index contributed by atoms with van der Waals surface area (Å²) < 4.78 is 0. The van der Waals surface area contributed by atoms with Gasteiger partial charge in [-0.15, -0.1) is 39.7 Å². The first-order valence-electron chi connectivity index (χ1n) is 6.94. The third kappa shape index (κ3) is 4.81. The Morgan fingerprint density at radius 1 is 0.818 bits per heavy atom. The summed E-state index contributed by atoms with van der Waals surface area (Å²) in [5.41, 5.74) is 1.34. The molecule has 0 unspecified atom stereocenters. The van der Waals surface area contributed by atoms with Crippen molar-refractivity contribution in [3.8, 4) is 0 Å². The van der Waals surface area contributed by atoms with E-state index in [0.717, 1.165) is 0 Å². The van der Waals surface area contributed by atoms with E-state index in [1.807, 2.05) is 12.1 Å². The van der Waals surface area contributed by atoms with E-state index in [2.05, 4.69) is 73.7 Å². The Hall–Kier alpha value is -0.877. The van der Waals surface area contributed by atoms with Crippen LogP contribution in [0.15, 0.2) is 78.9 Å². The molecule has 0 nitrogen and oxygen atoms in total. The Balaban J connectivity index is 0.000000165. The first kappa shape index (κ1) is 17.5. The van der Waals surface area contributed by atoms with Crippen LogP contribution in [0.2, 0.25) is 0 Å². The quantitative estimate of drug-likeness (QED) is 0.282. The molecule has 0 bridgehead atoms. The fraction of sp³-hybridized carbons (Fsp3) is 0.0526. The summed E-state index contributed by atoms with van der Waals surface area (Å²) in [6.45, 7) is 2.08. The van der Waals surface area contributed by atoms with Crippen molar-refractivity contribution in [1.29, 1.82) is 0 Å². The number of halogens is 2. The number of benzene rings is 2. The molecule has 4 aromatic carbocycles. The number of hydrogen-bond donors (Lipinski definition) is 0. The predicted molar refractivity (Wildman–Crippen MR) is 95.5 cm³/mol. The van der Waals surface area contributed by atoms with Crippen LogP contribution in [0.5, 0.6) is 0 Å². The van der Waals surface area contributed by atoms with E-state index in [0.29, 0.717) is 0 Å². The Bertz CT molecular complexity index is 750. The van der Waals surface area contributed by atoms with E-state index in [9.17, 15) is 0 Å². The molecular weight excluding hydrogens is 390 g/mol. The smallest absolute Gasteiger partial charge is 0.0771 e. The van der Waals surface area contributed by atoms with Crippen LogP contribution in [-0.2, 0) is 20.8 Å². The zero-order valence-corrected chi connectivity index (χ0v) is 16.2. The molecule has 0 heterocycles. The van der Waals surface area contributed by atoms with Gasteiger partial charge >= 0.3 is 37.9 Å². The second-order valence-electron chi connectivity index (χ2n) is 4.85. The molecule has 0 saturated carbocycles.